The third-order valence-electron chi connectivity index (χ3n) is 2.27. The number of aromatic nitrogens is 1. The Bertz CT molecular complexity index is 449. The van der Waals surface area contributed by atoms with Gasteiger partial charge >= 0.3 is 5.97 Å². The van der Waals surface area contributed by atoms with Crippen LogP contribution in [0.3, 0.4) is 0 Å². The Kier molecular flexibility index (Phi) is 5.24. The summed E-state index contributed by atoms with van der Waals surface area (Å²) in [6, 6.07) is 5.29. The molecular weight excluding hydrogens is 230 g/mol. The fourth-order valence-corrected chi connectivity index (χ4v) is 1.36. The normalized spacial score (nSPS) is 11.4. The number of hydrogen-bond donors (Lipinski definition) is 0. The first-order valence-corrected chi connectivity index (χ1v) is 5.90. The molecule has 0 unspecified atom stereocenters. The van der Waals surface area contributed by atoms with Gasteiger partial charge in [-0.05, 0) is 25.1 Å². The van der Waals surface area contributed by atoms with Crippen molar-refractivity contribution in [2.24, 2.45) is 5.92 Å². The van der Waals surface area contributed by atoms with E-state index in [1.165, 1.54) is 6.08 Å². The first-order chi connectivity index (χ1) is 8.56. The number of rotatable bonds is 5. The quantitative estimate of drug-likeness (QED) is 0.346. The lowest BCUT2D eigenvalue weighted by atomic mass is 10.00. The van der Waals surface area contributed by atoms with Gasteiger partial charge in [-0.3, -0.25) is 9.78 Å². The second-order valence-electron chi connectivity index (χ2n) is 4.05. The van der Waals surface area contributed by atoms with Crippen molar-refractivity contribution >= 4 is 17.8 Å². The molecule has 0 saturated heterocycles. The van der Waals surface area contributed by atoms with Crippen LogP contribution in [0.5, 0.6) is 0 Å². The van der Waals surface area contributed by atoms with Gasteiger partial charge in [0.25, 0.3) is 0 Å². The van der Waals surface area contributed by atoms with Gasteiger partial charge in [-0.1, -0.05) is 19.9 Å². The molecule has 0 spiro atoms. The summed E-state index contributed by atoms with van der Waals surface area (Å²) in [7, 11) is 0. The SMILES string of the molecule is CCOC(=O)C(=Cc1ccccn1)C(=O)C(C)C. The van der Waals surface area contributed by atoms with Gasteiger partial charge in [-0.15, -0.1) is 0 Å². The number of hydrogen-bond acceptors (Lipinski definition) is 4. The van der Waals surface area contributed by atoms with E-state index < -0.39 is 5.97 Å². The molecule has 0 aliphatic carbocycles. The molecule has 1 heterocycles. The molecule has 0 aromatic carbocycles. The number of ketones is 1. The summed E-state index contributed by atoms with van der Waals surface area (Å²) in [5.74, 6) is -1.09. The summed E-state index contributed by atoms with van der Waals surface area (Å²) in [6.07, 6.45) is 3.08. The Balaban J connectivity index is 3.08. The highest BCUT2D eigenvalue weighted by atomic mass is 16.5. The first-order valence-electron chi connectivity index (χ1n) is 5.90. The maximum atomic E-state index is 12.0. The van der Waals surface area contributed by atoms with Gasteiger partial charge < -0.3 is 4.74 Å². The monoisotopic (exact) mass is 247 g/mol. The number of ether oxygens (including phenoxy) is 1. The van der Waals surface area contributed by atoms with E-state index in [4.69, 9.17) is 4.74 Å². The molecule has 1 rings (SSSR count). The lowest BCUT2D eigenvalue weighted by molar-refractivity contribution is -0.140. The molecule has 4 nitrogen and oxygen atoms in total. The lowest BCUT2D eigenvalue weighted by Gasteiger charge is -2.08. The van der Waals surface area contributed by atoms with E-state index in [1.807, 2.05) is 0 Å². The zero-order valence-corrected chi connectivity index (χ0v) is 10.8. The van der Waals surface area contributed by atoms with Gasteiger partial charge in [0.05, 0.1) is 12.3 Å². The number of nitrogens with zero attached hydrogens (tertiary/aromatic N) is 1. The van der Waals surface area contributed by atoms with Crippen molar-refractivity contribution in [1.29, 1.82) is 0 Å². The lowest BCUT2D eigenvalue weighted by Crippen LogP contribution is -2.19. The van der Waals surface area contributed by atoms with Crippen LogP contribution < -0.4 is 0 Å². The maximum Gasteiger partial charge on any atom is 0.341 e. The number of esters is 1. The average Bonchev–Trinajstić information content (AvgIpc) is 2.36. The smallest absolute Gasteiger partial charge is 0.341 e. The highest BCUT2D eigenvalue weighted by molar-refractivity contribution is 6.21. The van der Waals surface area contributed by atoms with Gasteiger partial charge in [0.2, 0.25) is 0 Å². The summed E-state index contributed by atoms with van der Waals surface area (Å²) in [4.78, 5) is 27.8. The molecule has 0 saturated carbocycles. The van der Waals surface area contributed by atoms with Crippen molar-refractivity contribution < 1.29 is 14.3 Å². The fraction of sp³-hybridized carbons (Fsp3) is 0.357. The summed E-state index contributed by atoms with van der Waals surface area (Å²) < 4.78 is 4.89. The predicted molar refractivity (Wildman–Crippen MR) is 68.7 cm³/mol. The molecule has 0 radical (unpaired) electrons. The van der Waals surface area contributed by atoms with Crippen molar-refractivity contribution in [1.82, 2.24) is 4.98 Å². The molecule has 1 aromatic heterocycles. The Labute approximate surface area is 107 Å². The molecule has 0 aliphatic rings. The van der Waals surface area contributed by atoms with Crippen LogP contribution in [0, 0.1) is 5.92 Å². The third-order valence-corrected chi connectivity index (χ3v) is 2.27. The van der Waals surface area contributed by atoms with Gasteiger partial charge in [0.15, 0.2) is 5.78 Å². The van der Waals surface area contributed by atoms with E-state index in [0.29, 0.717) is 5.69 Å². The molecule has 0 N–H and O–H groups in total. The molecule has 0 amide bonds. The molecule has 18 heavy (non-hydrogen) atoms. The van der Waals surface area contributed by atoms with Crippen molar-refractivity contribution in [3.8, 4) is 0 Å². The highest BCUT2D eigenvalue weighted by Gasteiger charge is 2.22. The number of carbonyl (C=O) groups excluding carboxylic acids is 2. The molecule has 0 atom stereocenters. The van der Waals surface area contributed by atoms with Crippen LogP contribution in [0.2, 0.25) is 0 Å². The molecule has 1 aromatic rings. The van der Waals surface area contributed by atoms with Gasteiger partial charge in [0.1, 0.15) is 5.57 Å². The Morgan fingerprint density at radius 3 is 2.61 bits per heavy atom. The van der Waals surface area contributed by atoms with E-state index in [0.717, 1.165) is 0 Å². The van der Waals surface area contributed by atoms with E-state index in [1.54, 1.807) is 45.2 Å². The third kappa shape index (κ3) is 3.80. The van der Waals surface area contributed by atoms with E-state index in [2.05, 4.69) is 4.98 Å². The van der Waals surface area contributed by atoms with Crippen LogP contribution >= 0.6 is 0 Å². The Hall–Kier alpha value is -1.97. The van der Waals surface area contributed by atoms with Gasteiger partial charge in [-0.2, -0.15) is 0 Å². The molecule has 0 fully saturated rings. The minimum absolute atomic E-state index is 0.0468. The molecule has 96 valence electrons. The Morgan fingerprint density at radius 1 is 1.39 bits per heavy atom. The summed E-state index contributed by atoms with van der Waals surface area (Å²) in [6.45, 7) is 5.43. The molecule has 0 bridgehead atoms. The van der Waals surface area contributed by atoms with Gasteiger partial charge in [0, 0.05) is 12.1 Å². The molecular formula is C14H17NO3. The summed E-state index contributed by atoms with van der Waals surface area (Å²) in [5, 5.41) is 0. The largest absolute Gasteiger partial charge is 0.462 e. The maximum absolute atomic E-state index is 12.0. The minimum Gasteiger partial charge on any atom is -0.462 e. The predicted octanol–water partition coefficient (Wildman–Crippen LogP) is 2.25. The minimum atomic E-state index is -0.596. The standard InChI is InChI=1S/C14H17NO3/c1-4-18-14(17)12(13(16)10(2)3)9-11-7-5-6-8-15-11/h5-10H,4H2,1-3H3. The number of carbonyl (C=O) groups is 2. The second-order valence-corrected chi connectivity index (χ2v) is 4.05. The van der Waals surface area contributed by atoms with Crippen LogP contribution in [0.15, 0.2) is 30.0 Å². The van der Waals surface area contributed by atoms with Crippen molar-refractivity contribution in [3.05, 3.63) is 35.7 Å². The first kappa shape index (κ1) is 14.1. The van der Waals surface area contributed by atoms with Crippen LogP contribution in [0.4, 0.5) is 0 Å². The molecule has 0 aliphatic heterocycles. The highest BCUT2D eigenvalue weighted by Crippen LogP contribution is 2.12. The van der Waals surface area contributed by atoms with Crippen molar-refractivity contribution in [3.63, 3.8) is 0 Å². The van der Waals surface area contributed by atoms with Crippen LogP contribution in [-0.4, -0.2) is 23.3 Å². The van der Waals surface area contributed by atoms with Gasteiger partial charge in [-0.25, -0.2) is 4.79 Å². The van der Waals surface area contributed by atoms with E-state index in [9.17, 15) is 9.59 Å². The average molecular weight is 247 g/mol. The zero-order chi connectivity index (χ0) is 13.5. The summed E-state index contributed by atoms with van der Waals surface area (Å²) >= 11 is 0. The van der Waals surface area contributed by atoms with Crippen LogP contribution in [-0.2, 0) is 14.3 Å². The van der Waals surface area contributed by atoms with Crippen LogP contribution in [0.1, 0.15) is 26.5 Å². The van der Waals surface area contributed by atoms with E-state index >= 15 is 0 Å². The number of Topliss-reactive ketones (excluding diaryl/α,β-unsaturated/α-hetero) is 1. The number of pyridine rings is 1. The fourth-order valence-electron chi connectivity index (χ4n) is 1.36. The zero-order valence-electron chi connectivity index (χ0n) is 10.8. The van der Waals surface area contributed by atoms with Crippen molar-refractivity contribution in [2.45, 2.75) is 20.8 Å². The topological polar surface area (TPSA) is 56.3 Å². The van der Waals surface area contributed by atoms with Crippen molar-refractivity contribution in [2.75, 3.05) is 6.61 Å². The summed E-state index contributed by atoms with van der Waals surface area (Å²) in [5.41, 5.74) is 0.611. The second kappa shape index (κ2) is 6.69. The van der Waals surface area contributed by atoms with E-state index in [-0.39, 0.29) is 23.9 Å². The molecule has 4 heteroatoms. The van der Waals surface area contributed by atoms with Crippen LogP contribution in [0.25, 0.3) is 6.08 Å². The Morgan fingerprint density at radius 2 is 2.11 bits per heavy atom.